The molecule has 1 aliphatic rings. The van der Waals surface area contributed by atoms with E-state index in [1.54, 1.807) is 0 Å². The first kappa shape index (κ1) is 22.9. The highest BCUT2D eigenvalue weighted by Crippen LogP contribution is 2.30. The van der Waals surface area contributed by atoms with Crippen LogP contribution in [-0.4, -0.2) is 66.3 Å². The van der Waals surface area contributed by atoms with Crippen molar-refractivity contribution in [2.24, 2.45) is 5.92 Å². The molecule has 1 aromatic heterocycles. The Balaban J connectivity index is 1.55. The van der Waals surface area contributed by atoms with Gasteiger partial charge in [0.2, 0.25) is 21.1 Å². The average molecular weight is 474 g/mol. The molecule has 2 heterocycles. The summed E-state index contributed by atoms with van der Waals surface area (Å²) < 4.78 is 32.4. The SMILES string of the molecule is COc1ccc(S(=O)(=O)N2CCC[C@@H](C(=O)NCCSc3n[nH]c(C)n3)C2)cc1Cl. The number of aromatic nitrogens is 3. The summed E-state index contributed by atoms with van der Waals surface area (Å²) in [5.41, 5.74) is 0. The summed E-state index contributed by atoms with van der Waals surface area (Å²) in [4.78, 5) is 16.8. The van der Waals surface area contributed by atoms with Crippen LogP contribution >= 0.6 is 23.4 Å². The molecule has 0 saturated carbocycles. The Morgan fingerprint density at radius 1 is 1.47 bits per heavy atom. The zero-order valence-corrected chi connectivity index (χ0v) is 19.1. The number of carbonyl (C=O) groups is 1. The van der Waals surface area contributed by atoms with Crippen LogP contribution in [0.3, 0.4) is 0 Å². The Bertz CT molecular complexity index is 998. The van der Waals surface area contributed by atoms with Crippen LogP contribution in [0.15, 0.2) is 28.3 Å². The van der Waals surface area contributed by atoms with E-state index < -0.39 is 15.9 Å². The minimum Gasteiger partial charge on any atom is -0.495 e. The topological polar surface area (TPSA) is 117 Å². The van der Waals surface area contributed by atoms with Crippen molar-refractivity contribution >= 4 is 39.3 Å². The molecule has 1 fully saturated rings. The van der Waals surface area contributed by atoms with Gasteiger partial charge in [-0.15, -0.1) is 5.10 Å². The highest BCUT2D eigenvalue weighted by molar-refractivity contribution is 7.99. The van der Waals surface area contributed by atoms with Crippen molar-refractivity contribution in [3.8, 4) is 5.75 Å². The van der Waals surface area contributed by atoms with Crippen molar-refractivity contribution in [3.63, 3.8) is 0 Å². The van der Waals surface area contributed by atoms with E-state index in [9.17, 15) is 13.2 Å². The molecule has 1 atom stereocenters. The van der Waals surface area contributed by atoms with Gasteiger partial charge in [0, 0.05) is 25.4 Å². The summed E-state index contributed by atoms with van der Waals surface area (Å²) in [5, 5.41) is 10.5. The van der Waals surface area contributed by atoms with Gasteiger partial charge in [-0.25, -0.2) is 13.4 Å². The van der Waals surface area contributed by atoms with E-state index in [0.29, 0.717) is 42.6 Å². The van der Waals surface area contributed by atoms with Gasteiger partial charge >= 0.3 is 0 Å². The van der Waals surface area contributed by atoms with Crippen LogP contribution < -0.4 is 10.1 Å². The lowest BCUT2D eigenvalue weighted by molar-refractivity contribution is -0.125. The number of H-pyrrole nitrogens is 1. The second-order valence-corrected chi connectivity index (χ2v) is 10.2. The summed E-state index contributed by atoms with van der Waals surface area (Å²) in [6.07, 6.45) is 1.26. The Kier molecular flexibility index (Phi) is 7.61. The molecule has 0 bridgehead atoms. The number of thioether (sulfide) groups is 1. The summed E-state index contributed by atoms with van der Waals surface area (Å²) in [7, 11) is -2.28. The minimum atomic E-state index is -3.75. The van der Waals surface area contributed by atoms with Gasteiger partial charge in [-0.2, -0.15) is 4.31 Å². The van der Waals surface area contributed by atoms with Crippen LogP contribution in [-0.2, 0) is 14.8 Å². The van der Waals surface area contributed by atoms with Gasteiger partial charge in [-0.3, -0.25) is 9.89 Å². The largest absolute Gasteiger partial charge is 0.495 e. The first-order valence-corrected chi connectivity index (χ1v) is 12.2. The molecule has 2 aromatic rings. The van der Waals surface area contributed by atoms with E-state index in [0.717, 1.165) is 5.82 Å². The maximum Gasteiger partial charge on any atom is 0.243 e. The van der Waals surface area contributed by atoms with E-state index in [-0.39, 0.29) is 22.4 Å². The number of benzene rings is 1. The van der Waals surface area contributed by atoms with Crippen LogP contribution in [0.2, 0.25) is 5.02 Å². The Labute approximate surface area is 185 Å². The lowest BCUT2D eigenvalue weighted by atomic mass is 9.99. The Morgan fingerprint density at radius 2 is 2.27 bits per heavy atom. The van der Waals surface area contributed by atoms with Crippen molar-refractivity contribution < 1.29 is 17.9 Å². The number of hydrogen-bond donors (Lipinski definition) is 2. The van der Waals surface area contributed by atoms with Gasteiger partial charge in [0.1, 0.15) is 11.6 Å². The lowest BCUT2D eigenvalue weighted by Crippen LogP contribution is -2.45. The highest BCUT2D eigenvalue weighted by Gasteiger charge is 2.33. The molecule has 0 radical (unpaired) electrons. The summed E-state index contributed by atoms with van der Waals surface area (Å²) >= 11 is 7.52. The number of methoxy groups -OCH3 is 1. The minimum absolute atomic E-state index is 0.0903. The molecule has 2 N–H and O–H groups in total. The zero-order valence-electron chi connectivity index (χ0n) is 16.7. The summed E-state index contributed by atoms with van der Waals surface area (Å²) in [5.74, 6) is 1.24. The van der Waals surface area contributed by atoms with Crippen molar-refractivity contribution in [1.29, 1.82) is 0 Å². The molecular formula is C18H24ClN5O4S2. The van der Waals surface area contributed by atoms with Gasteiger partial charge in [-0.1, -0.05) is 23.4 Å². The molecule has 1 aliphatic heterocycles. The number of amides is 1. The molecule has 0 aliphatic carbocycles. The second kappa shape index (κ2) is 9.99. The fraction of sp³-hybridized carbons (Fsp3) is 0.500. The van der Waals surface area contributed by atoms with E-state index >= 15 is 0 Å². The third-order valence-electron chi connectivity index (χ3n) is 4.73. The average Bonchev–Trinajstić information content (AvgIpc) is 3.16. The number of carbonyl (C=O) groups excluding carboxylic acids is 1. The number of ether oxygens (including phenoxy) is 1. The third-order valence-corrected chi connectivity index (χ3v) is 7.73. The molecule has 3 rings (SSSR count). The van der Waals surface area contributed by atoms with Crippen molar-refractivity contribution in [3.05, 3.63) is 29.0 Å². The van der Waals surface area contributed by atoms with Gasteiger partial charge in [0.05, 0.1) is 22.9 Å². The van der Waals surface area contributed by atoms with E-state index in [1.165, 1.54) is 41.4 Å². The molecule has 0 spiro atoms. The van der Waals surface area contributed by atoms with Crippen LogP contribution in [0.1, 0.15) is 18.7 Å². The van der Waals surface area contributed by atoms with Gasteiger partial charge in [0.25, 0.3) is 0 Å². The van der Waals surface area contributed by atoms with Crippen LogP contribution in [0.25, 0.3) is 0 Å². The van der Waals surface area contributed by atoms with E-state index in [4.69, 9.17) is 16.3 Å². The van der Waals surface area contributed by atoms with Crippen LogP contribution in [0.4, 0.5) is 0 Å². The number of sulfonamides is 1. The monoisotopic (exact) mass is 473 g/mol. The summed E-state index contributed by atoms with van der Waals surface area (Å²) in [6.45, 7) is 2.79. The molecular weight excluding hydrogens is 450 g/mol. The predicted molar refractivity (Wildman–Crippen MR) is 114 cm³/mol. The van der Waals surface area contributed by atoms with E-state index in [1.807, 2.05) is 6.92 Å². The lowest BCUT2D eigenvalue weighted by Gasteiger charge is -2.31. The molecule has 9 nitrogen and oxygen atoms in total. The van der Waals surface area contributed by atoms with Crippen LogP contribution in [0.5, 0.6) is 5.75 Å². The highest BCUT2D eigenvalue weighted by atomic mass is 35.5. The summed E-state index contributed by atoms with van der Waals surface area (Å²) in [6, 6.07) is 4.36. The predicted octanol–water partition coefficient (Wildman–Crippen LogP) is 2.08. The smallest absolute Gasteiger partial charge is 0.243 e. The maximum atomic E-state index is 13.0. The first-order chi connectivity index (χ1) is 14.3. The van der Waals surface area contributed by atoms with Crippen molar-refractivity contribution in [2.75, 3.05) is 32.5 Å². The molecule has 0 unspecified atom stereocenters. The standard InChI is InChI=1S/C18H24ClN5O4S2/c1-12-21-18(23-22-12)29-9-7-20-17(25)13-4-3-8-24(11-13)30(26,27)14-5-6-16(28-2)15(19)10-14/h5-6,10,13H,3-4,7-9,11H2,1-2H3,(H,20,25)(H,21,22,23)/t13-/m1/s1. The molecule has 164 valence electrons. The van der Waals surface area contributed by atoms with E-state index in [2.05, 4.69) is 20.5 Å². The van der Waals surface area contributed by atoms with Gasteiger partial charge < -0.3 is 10.1 Å². The number of nitrogens with zero attached hydrogens (tertiary/aromatic N) is 3. The quantitative estimate of drug-likeness (QED) is 0.445. The maximum absolute atomic E-state index is 13.0. The zero-order chi connectivity index (χ0) is 21.7. The normalized spacial score (nSPS) is 17.6. The van der Waals surface area contributed by atoms with Crippen LogP contribution in [0, 0.1) is 12.8 Å². The van der Waals surface area contributed by atoms with Gasteiger partial charge in [-0.05, 0) is 38.0 Å². The number of aryl methyl sites for hydroxylation is 1. The fourth-order valence-electron chi connectivity index (χ4n) is 3.18. The molecule has 1 amide bonds. The van der Waals surface area contributed by atoms with Gasteiger partial charge in [0.15, 0.2) is 0 Å². The number of rotatable bonds is 8. The number of piperidine rings is 1. The fourth-order valence-corrected chi connectivity index (χ4v) is 5.75. The number of hydrogen-bond acceptors (Lipinski definition) is 7. The number of aromatic amines is 1. The Hall–Kier alpha value is -1.82. The molecule has 1 saturated heterocycles. The first-order valence-electron chi connectivity index (χ1n) is 9.44. The Morgan fingerprint density at radius 3 is 2.93 bits per heavy atom. The third kappa shape index (κ3) is 5.45. The molecule has 12 heteroatoms. The molecule has 1 aromatic carbocycles. The number of nitrogens with one attached hydrogen (secondary N) is 2. The van der Waals surface area contributed by atoms with Crippen molar-refractivity contribution in [1.82, 2.24) is 24.8 Å². The second-order valence-electron chi connectivity index (χ2n) is 6.84. The van der Waals surface area contributed by atoms with Crippen molar-refractivity contribution in [2.45, 2.75) is 29.8 Å². The molecule has 30 heavy (non-hydrogen) atoms. The number of halogens is 1.